The number of carbonyl (C=O) groups excluding carboxylic acids is 1. The molecule has 1 atom stereocenters. The minimum absolute atomic E-state index is 0.0594. The molecular weight excluding hydrogens is 312 g/mol. The van der Waals surface area contributed by atoms with Crippen LogP contribution in [0.1, 0.15) is 62.2 Å². The lowest BCUT2D eigenvalue weighted by Crippen LogP contribution is -2.32. The molecule has 1 saturated carbocycles. The molecule has 25 heavy (non-hydrogen) atoms. The number of carbonyl (C=O) groups is 1. The molecule has 1 amide bonds. The first kappa shape index (κ1) is 16.2. The molecule has 4 rings (SSSR count). The van der Waals surface area contributed by atoms with Crippen molar-refractivity contribution in [3.05, 3.63) is 42.0 Å². The molecule has 2 aromatic heterocycles. The molecule has 1 fully saturated rings. The molecule has 1 N–H and O–H groups in total. The van der Waals surface area contributed by atoms with Gasteiger partial charge in [-0.2, -0.15) is 0 Å². The summed E-state index contributed by atoms with van der Waals surface area (Å²) >= 11 is 0. The number of nitrogens with zero attached hydrogens (tertiary/aromatic N) is 3. The fourth-order valence-electron chi connectivity index (χ4n) is 4.07. The van der Waals surface area contributed by atoms with Crippen molar-refractivity contribution in [3.8, 4) is 11.4 Å². The first-order chi connectivity index (χ1) is 12.3. The van der Waals surface area contributed by atoms with Crippen molar-refractivity contribution in [2.45, 2.75) is 57.4 Å². The molecular formula is C20H24N4O. The summed E-state index contributed by atoms with van der Waals surface area (Å²) in [5, 5.41) is 3.23. The third-order valence-corrected chi connectivity index (χ3v) is 5.40. The zero-order valence-corrected chi connectivity index (χ0v) is 14.4. The zero-order valence-electron chi connectivity index (χ0n) is 14.4. The largest absolute Gasteiger partial charge is 0.349 e. The van der Waals surface area contributed by atoms with E-state index in [2.05, 4.69) is 15.3 Å². The average Bonchev–Trinajstić information content (AvgIpc) is 3.15. The topological polar surface area (TPSA) is 67.8 Å². The quantitative estimate of drug-likeness (QED) is 0.926. The highest BCUT2D eigenvalue weighted by Crippen LogP contribution is 2.31. The maximum absolute atomic E-state index is 12.4. The van der Waals surface area contributed by atoms with Crippen LogP contribution in [0.25, 0.3) is 11.4 Å². The number of rotatable bonds is 4. The fourth-order valence-corrected chi connectivity index (χ4v) is 4.07. The molecule has 2 aliphatic rings. The van der Waals surface area contributed by atoms with Crippen LogP contribution in [-0.2, 0) is 11.2 Å². The van der Waals surface area contributed by atoms with E-state index in [0.29, 0.717) is 12.3 Å². The molecule has 0 saturated heterocycles. The van der Waals surface area contributed by atoms with Gasteiger partial charge in [0.15, 0.2) is 5.82 Å². The molecule has 0 radical (unpaired) electrons. The van der Waals surface area contributed by atoms with Crippen LogP contribution in [0.5, 0.6) is 0 Å². The summed E-state index contributed by atoms with van der Waals surface area (Å²) in [4.78, 5) is 25.7. The Bertz CT molecular complexity index is 741. The van der Waals surface area contributed by atoms with Gasteiger partial charge >= 0.3 is 0 Å². The summed E-state index contributed by atoms with van der Waals surface area (Å²) in [5.41, 5.74) is 3.13. The fraction of sp³-hybridized carbons (Fsp3) is 0.500. The van der Waals surface area contributed by atoms with Crippen LogP contribution in [0.2, 0.25) is 0 Å². The lowest BCUT2D eigenvalue weighted by atomic mass is 9.91. The summed E-state index contributed by atoms with van der Waals surface area (Å²) < 4.78 is 0. The van der Waals surface area contributed by atoms with Gasteiger partial charge in [-0.15, -0.1) is 0 Å². The highest BCUT2D eigenvalue weighted by atomic mass is 16.1. The van der Waals surface area contributed by atoms with Crippen LogP contribution in [0, 0.1) is 5.92 Å². The van der Waals surface area contributed by atoms with Crippen molar-refractivity contribution in [3.63, 3.8) is 0 Å². The van der Waals surface area contributed by atoms with E-state index in [1.165, 1.54) is 25.7 Å². The number of aryl methyl sites for hydroxylation is 1. The molecule has 1 unspecified atom stereocenters. The Balaban J connectivity index is 1.49. The summed E-state index contributed by atoms with van der Waals surface area (Å²) in [6.45, 7) is 0. The Morgan fingerprint density at radius 2 is 1.92 bits per heavy atom. The maximum Gasteiger partial charge on any atom is 0.220 e. The highest BCUT2D eigenvalue weighted by molar-refractivity contribution is 5.76. The van der Waals surface area contributed by atoms with Gasteiger partial charge in [-0.25, -0.2) is 9.97 Å². The van der Waals surface area contributed by atoms with E-state index >= 15 is 0 Å². The number of nitrogens with one attached hydrogen (secondary N) is 1. The number of fused-ring (bicyclic) bond motifs is 1. The van der Waals surface area contributed by atoms with E-state index in [0.717, 1.165) is 41.9 Å². The minimum Gasteiger partial charge on any atom is -0.349 e. The predicted molar refractivity (Wildman–Crippen MR) is 95.7 cm³/mol. The van der Waals surface area contributed by atoms with Gasteiger partial charge in [-0.1, -0.05) is 12.8 Å². The molecule has 2 aromatic rings. The second-order valence-electron chi connectivity index (χ2n) is 7.20. The van der Waals surface area contributed by atoms with Gasteiger partial charge < -0.3 is 5.32 Å². The smallest absolute Gasteiger partial charge is 0.220 e. The summed E-state index contributed by atoms with van der Waals surface area (Å²) in [5.74, 6) is 1.50. The van der Waals surface area contributed by atoms with E-state index in [4.69, 9.17) is 4.98 Å². The highest BCUT2D eigenvalue weighted by Gasteiger charge is 2.25. The number of pyridine rings is 1. The second-order valence-corrected chi connectivity index (χ2v) is 7.20. The van der Waals surface area contributed by atoms with Crippen molar-refractivity contribution < 1.29 is 4.79 Å². The van der Waals surface area contributed by atoms with Crippen LogP contribution in [0.15, 0.2) is 30.7 Å². The SMILES string of the molecule is O=C(CC1CCCC1)NC1CCCc2nc(-c3ccncc3)ncc21. The predicted octanol–water partition coefficient (Wildman–Crippen LogP) is 3.61. The number of amides is 1. The molecule has 5 heteroatoms. The van der Waals surface area contributed by atoms with Gasteiger partial charge in [0.25, 0.3) is 0 Å². The standard InChI is InChI=1S/C20H24N4O/c25-19(12-14-4-1-2-5-14)23-17-6-3-7-18-16(17)13-22-20(24-18)15-8-10-21-11-9-15/h8-11,13-14,17H,1-7,12H2,(H,23,25). The van der Waals surface area contributed by atoms with Crippen LogP contribution >= 0.6 is 0 Å². The van der Waals surface area contributed by atoms with Gasteiger partial charge in [-0.3, -0.25) is 9.78 Å². The monoisotopic (exact) mass is 336 g/mol. The summed E-state index contributed by atoms with van der Waals surface area (Å²) in [6.07, 6.45) is 14.0. The van der Waals surface area contributed by atoms with E-state index < -0.39 is 0 Å². The van der Waals surface area contributed by atoms with Crippen molar-refractivity contribution >= 4 is 5.91 Å². The second kappa shape index (κ2) is 7.30. The Morgan fingerprint density at radius 3 is 2.72 bits per heavy atom. The number of hydrogen-bond donors (Lipinski definition) is 1. The van der Waals surface area contributed by atoms with Crippen LogP contribution in [0.4, 0.5) is 0 Å². The minimum atomic E-state index is 0.0594. The zero-order chi connectivity index (χ0) is 17.1. The van der Waals surface area contributed by atoms with Crippen molar-refractivity contribution in [2.24, 2.45) is 5.92 Å². The molecule has 0 aliphatic heterocycles. The van der Waals surface area contributed by atoms with Gasteiger partial charge in [-0.05, 0) is 50.2 Å². The first-order valence-electron chi connectivity index (χ1n) is 9.35. The summed E-state index contributed by atoms with van der Waals surface area (Å²) in [6, 6.07) is 3.90. The van der Waals surface area contributed by atoms with Crippen molar-refractivity contribution in [2.75, 3.05) is 0 Å². The average molecular weight is 336 g/mol. The Labute approximate surface area is 148 Å². The molecule has 5 nitrogen and oxygen atoms in total. The lowest BCUT2D eigenvalue weighted by molar-refractivity contribution is -0.122. The van der Waals surface area contributed by atoms with E-state index in [-0.39, 0.29) is 11.9 Å². The van der Waals surface area contributed by atoms with Crippen LogP contribution < -0.4 is 5.32 Å². The Morgan fingerprint density at radius 1 is 1.12 bits per heavy atom. The van der Waals surface area contributed by atoms with E-state index in [1.807, 2.05) is 18.3 Å². The third-order valence-electron chi connectivity index (χ3n) is 5.40. The maximum atomic E-state index is 12.4. The van der Waals surface area contributed by atoms with E-state index in [9.17, 15) is 4.79 Å². The van der Waals surface area contributed by atoms with Crippen molar-refractivity contribution in [1.82, 2.24) is 20.3 Å². The van der Waals surface area contributed by atoms with Gasteiger partial charge in [0.1, 0.15) is 0 Å². The third kappa shape index (κ3) is 3.70. The Hall–Kier alpha value is -2.30. The normalized spacial score (nSPS) is 20.2. The molecule has 0 spiro atoms. The molecule has 2 aliphatic carbocycles. The molecule has 2 heterocycles. The number of hydrogen-bond acceptors (Lipinski definition) is 4. The van der Waals surface area contributed by atoms with Gasteiger partial charge in [0, 0.05) is 41.8 Å². The van der Waals surface area contributed by atoms with Crippen LogP contribution in [0.3, 0.4) is 0 Å². The molecule has 0 bridgehead atoms. The lowest BCUT2D eigenvalue weighted by Gasteiger charge is -2.26. The van der Waals surface area contributed by atoms with Crippen LogP contribution in [-0.4, -0.2) is 20.9 Å². The first-order valence-corrected chi connectivity index (χ1v) is 9.35. The van der Waals surface area contributed by atoms with Gasteiger partial charge in [0.2, 0.25) is 5.91 Å². The van der Waals surface area contributed by atoms with E-state index in [1.54, 1.807) is 12.4 Å². The van der Waals surface area contributed by atoms with Gasteiger partial charge in [0.05, 0.1) is 6.04 Å². The summed E-state index contributed by atoms with van der Waals surface area (Å²) in [7, 11) is 0. The van der Waals surface area contributed by atoms with Crippen molar-refractivity contribution in [1.29, 1.82) is 0 Å². The Kier molecular flexibility index (Phi) is 4.72. The number of aromatic nitrogens is 3. The molecule has 0 aromatic carbocycles. The molecule has 130 valence electrons.